The summed E-state index contributed by atoms with van der Waals surface area (Å²) >= 11 is 0. The lowest BCUT2D eigenvalue weighted by Crippen LogP contribution is -2.46. The average molecular weight is 424 g/mol. The van der Waals surface area contributed by atoms with E-state index in [0.717, 1.165) is 24.0 Å². The van der Waals surface area contributed by atoms with Crippen molar-refractivity contribution in [2.75, 3.05) is 20.1 Å². The normalized spacial score (nSPS) is 23.7. The molecule has 31 heavy (non-hydrogen) atoms. The van der Waals surface area contributed by atoms with Gasteiger partial charge in [-0.1, -0.05) is 25.3 Å². The van der Waals surface area contributed by atoms with Gasteiger partial charge in [-0.2, -0.15) is 5.10 Å². The molecule has 3 aliphatic rings. The average Bonchev–Trinajstić information content (AvgIpc) is 3.38. The summed E-state index contributed by atoms with van der Waals surface area (Å²) in [5.74, 6) is 0.495. The molecular weight excluding hydrogens is 394 g/mol. The summed E-state index contributed by atoms with van der Waals surface area (Å²) in [6.45, 7) is 0.951. The van der Waals surface area contributed by atoms with Gasteiger partial charge in [0.1, 0.15) is 11.9 Å². The Bertz CT molecular complexity index is 997. The molecule has 1 saturated carbocycles. The molecule has 0 bridgehead atoms. The number of aromatic nitrogens is 2. The summed E-state index contributed by atoms with van der Waals surface area (Å²) in [4.78, 5) is 29.5. The van der Waals surface area contributed by atoms with E-state index in [1.165, 1.54) is 19.3 Å². The van der Waals surface area contributed by atoms with Crippen molar-refractivity contribution < 1.29 is 14.3 Å². The molecule has 0 spiro atoms. The van der Waals surface area contributed by atoms with Gasteiger partial charge in [0, 0.05) is 38.4 Å². The van der Waals surface area contributed by atoms with E-state index in [-0.39, 0.29) is 30.1 Å². The third-order valence-electron chi connectivity index (χ3n) is 6.80. The first-order valence-electron chi connectivity index (χ1n) is 11.1. The van der Waals surface area contributed by atoms with Gasteiger partial charge in [0.25, 0.3) is 5.91 Å². The minimum atomic E-state index is -0.253. The van der Waals surface area contributed by atoms with Crippen molar-refractivity contribution in [3.05, 3.63) is 36.2 Å². The summed E-state index contributed by atoms with van der Waals surface area (Å²) in [5.41, 5.74) is 2.48. The summed E-state index contributed by atoms with van der Waals surface area (Å²) in [5, 5.41) is 7.41. The number of urea groups is 1. The van der Waals surface area contributed by atoms with Crippen molar-refractivity contribution >= 4 is 11.9 Å². The molecule has 1 N–H and O–H groups in total. The number of aryl methyl sites for hydroxylation is 1. The zero-order valence-corrected chi connectivity index (χ0v) is 18.1. The second-order valence-corrected chi connectivity index (χ2v) is 8.94. The second-order valence-electron chi connectivity index (χ2n) is 8.94. The van der Waals surface area contributed by atoms with Crippen LogP contribution in [0.25, 0.3) is 11.1 Å². The minimum Gasteiger partial charge on any atom is -0.485 e. The smallest absolute Gasteiger partial charge is 0.317 e. The molecule has 5 rings (SSSR count). The number of rotatable bonds is 2. The number of hydrogen-bond acceptors (Lipinski definition) is 4. The van der Waals surface area contributed by atoms with E-state index in [2.05, 4.69) is 10.4 Å². The highest BCUT2D eigenvalue weighted by atomic mass is 16.5. The maximum Gasteiger partial charge on any atom is 0.317 e. The van der Waals surface area contributed by atoms with E-state index in [4.69, 9.17) is 4.74 Å². The lowest BCUT2D eigenvalue weighted by molar-refractivity contribution is 0.0682. The van der Waals surface area contributed by atoms with Gasteiger partial charge in [0.2, 0.25) is 0 Å². The zero-order valence-electron chi connectivity index (χ0n) is 18.1. The van der Waals surface area contributed by atoms with Crippen LogP contribution >= 0.6 is 0 Å². The maximum absolute atomic E-state index is 13.1. The third-order valence-corrected chi connectivity index (χ3v) is 6.80. The Morgan fingerprint density at radius 2 is 1.94 bits per heavy atom. The monoisotopic (exact) mass is 423 g/mol. The molecule has 2 unspecified atom stereocenters. The summed E-state index contributed by atoms with van der Waals surface area (Å²) in [6.07, 6.45) is 9.17. The van der Waals surface area contributed by atoms with Crippen LogP contribution in [-0.2, 0) is 7.05 Å². The van der Waals surface area contributed by atoms with E-state index in [0.29, 0.717) is 24.4 Å². The van der Waals surface area contributed by atoms with Crippen LogP contribution in [0.15, 0.2) is 30.6 Å². The van der Waals surface area contributed by atoms with Crippen LogP contribution in [0.3, 0.4) is 0 Å². The summed E-state index contributed by atoms with van der Waals surface area (Å²) < 4.78 is 8.10. The Morgan fingerprint density at radius 1 is 1.13 bits per heavy atom. The van der Waals surface area contributed by atoms with Crippen molar-refractivity contribution in [1.82, 2.24) is 24.9 Å². The number of hydrogen-bond donors (Lipinski definition) is 1. The number of nitrogens with zero attached hydrogens (tertiary/aromatic N) is 4. The Balaban J connectivity index is 1.36. The van der Waals surface area contributed by atoms with Crippen molar-refractivity contribution in [3.8, 4) is 16.9 Å². The van der Waals surface area contributed by atoms with Crippen LogP contribution in [0.5, 0.6) is 5.75 Å². The molecule has 2 aliphatic heterocycles. The van der Waals surface area contributed by atoms with Gasteiger partial charge in [-0.15, -0.1) is 0 Å². The number of amides is 3. The fourth-order valence-electron chi connectivity index (χ4n) is 4.97. The Labute approximate surface area is 182 Å². The standard InChI is InChI=1S/C23H29N5O3/c1-26-12-16(11-24-26)15-8-9-18-20(10-15)31-21-14-28(13-19(21)27(2)22(18)29)23(30)25-17-6-4-3-5-7-17/h8-12,17,19,21H,3-7,13-14H2,1-2H3,(H,25,30). The first-order valence-corrected chi connectivity index (χ1v) is 11.1. The topological polar surface area (TPSA) is 79.7 Å². The number of carbonyl (C=O) groups excluding carboxylic acids is 2. The van der Waals surface area contributed by atoms with Crippen molar-refractivity contribution in [1.29, 1.82) is 0 Å². The highest BCUT2D eigenvalue weighted by Crippen LogP contribution is 2.34. The molecule has 1 aliphatic carbocycles. The molecule has 8 heteroatoms. The summed E-state index contributed by atoms with van der Waals surface area (Å²) in [7, 11) is 3.67. The molecule has 2 atom stereocenters. The zero-order chi connectivity index (χ0) is 21.5. The number of carbonyl (C=O) groups is 2. The maximum atomic E-state index is 13.1. The van der Waals surface area contributed by atoms with E-state index in [9.17, 15) is 9.59 Å². The molecule has 8 nitrogen and oxygen atoms in total. The molecule has 164 valence electrons. The van der Waals surface area contributed by atoms with Crippen LogP contribution in [-0.4, -0.2) is 69.8 Å². The Kier molecular flexibility index (Phi) is 5.08. The van der Waals surface area contributed by atoms with E-state index < -0.39 is 0 Å². The van der Waals surface area contributed by atoms with Crippen molar-refractivity contribution in [3.63, 3.8) is 0 Å². The molecule has 0 radical (unpaired) electrons. The largest absolute Gasteiger partial charge is 0.485 e. The number of likely N-dealkylation sites (tertiary alicyclic amines) is 1. The lowest BCUT2D eigenvalue weighted by atomic mass is 9.96. The molecule has 3 amide bonds. The molecule has 2 aromatic rings. The molecule has 1 aromatic carbocycles. The molecule has 3 heterocycles. The van der Waals surface area contributed by atoms with Crippen LogP contribution in [0, 0.1) is 0 Å². The predicted molar refractivity (Wildman–Crippen MR) is 116 cm³/mol. The molecule has 2 fully saturated rings. The van der Waals surface area contributed by atoms with Crippen LogP contribution in [0.2, 0.25) is 0 Å². The van der Waals surface area contributed by atoms with E-state index in [1.54, 1.807) is 27.7 Å². The second kappa shape index (κ2) is 7.90. The van der Waals surface area contributed by atoms with Gasteiger partial charge in [-0.3, -0.25) is 9.48 Å². The van der Waals surface area contributed by atoms with Gasteiger partial charge >= 0.3 is 6.03 Å². The quantitative estimate of drug-likeness (QED) is 0.805. The first-order chi connectivity index (χ1) is 15.0. The minimum absolute atomic E-state index is 0.0474. The SMILES string of the molecule is CN1C(=O)c2ccc(-c3cnn(C)c3)cc2OC2CN(C(=O)NC3CCCCC3)CC21. The Morgan fingerprint density at radius 3 is 2.68 bits per heavy atom. The van der Waals surface area contributed by atoms with Gasteiger partial charge in [-0.05, 0) is 30.5 Å². The first kappa shape index (κ1) is 19.9. The van der Waals surface area contributed by atoms with E-state index in [1.807, 2.05) is 31.4 Å². The highest BCUT2D eigenvalue weighted by molar-refractivity contribution is 5.98. The van der Waals surface area contributed by atoms with E-state index >= 15 is 0 Å². The fraction of sp³-hybridized carbons (Fsp3) is 0.522. The van der Waals surface area contributed by atoms with Gasteiger partial charge < -0.3 is 19.9 Å². The number of likely N-dealkylation sites (N-methyl/N-ethyl adjacent to an activating group) is 1. The molecule has 1 aromatic heterocycles. The third kappa shape index (κ3) is 3.75. The van der Waals surface area contributed by atoms with Crippen molar-refractivity contribution in [2.45, 2.75) is 50.3 Å². The van der Waals surface area contributed by atoms with Crippen LogP contribution in [0.1, 0.15) is 42.5 Å². The van der Waals surface area contributed by atoms with Gasteiger partial charge in [-0.25, -0.2) is 4.79 Å². The highest BCUT2D eigenvalue weighted by Gasteiger charge is 2.44. The van der Waals surface area contributed by atoms with Crippen LogP contribution in [0.4, 0.5) is 4.79 Å². The predicted octanol–water partition coefficient (Wildman–Crippen LogP) is 2.65. The number of benzene rings is 1. The number of ether oxygens (including phenoxy) is 1. The number of nitrogens with one attached hydrogen (secondary N) is 1. The lowest BCUT2D eigenvalue weighted by Gasteiger charge is -2.27. The number of fused-ring (bicyclic) bond motifs is 2. The molecule has 1 saturated heterocycles. The van der Waals surface area contributed by atoms with Gasteiger partial charge in [0.05, 0.1) is 24.3 Å². The van der Waals surface area contributed by atoms with Crippen LogP contribution < -0.4 is 10.1 Å². The van der Waals surface area contributed by atoms with Crippen molar-refractivity contribution in [2.24, 2.45) is 7.05 Å². The fourth-order valence-corrected chi connectivity index (χ4v) is 4.97. The Hall–Kier alpha value is -3.03. The summed E-state index contributed by atoms with van der Waals surface area (Å²) in [6, 6.07) is 5.70. The van der Waals surface area contributed by atoms with Gasteiger partial charge in [0.15, 0.2) is 0 Å². The molecular formula is C23H29N5O3.